The van der Waals surface area contributed by atoms with E-state index in [-0.39, 0.29) is 17.6 Å². The quantitative estimate of drug-likeness (QED) is 0.638. The van der Waals surface area contributed by atoms with Gasteiger partial charge in [-0.1, -0.05) is 11.3 Å². The molecule has 1 aromatic carbocycles. The van der Waals surface area contributed by atoms with Gasteiger partial charge in [0, 0.05) is 31.9 Å². The van der Waals surface area contributed by atoms with E-state index in [1.165, 1.54) is 19.9 Å². The zero-order chi connectivity index (χ0) is 22.2. The van der Waals surface area contributed by atoms with Crippen LogP contribution in [0.25, 0.3) is 10.2 Å². The highest BCUT2D eigenvalue weighted by molar-refractivity contribution is 7.92. The van der Waals surface area contributed by atoms with Crippen LogP contribution >= 0.6 is 11.3 Å². The molecule has 0 bridgehead atoms. The topological polar surface area (TPSA) is 129 Å². The molecule has 170 valence electrons. The van der Waals surface area contributed by atoms with E-state index >= 15 is 0 Å². The first-order valence-electron chi connectivity index (χ1n) is 10.1. The predicted molar refractivity (Wildman–Crippen MR) is 121 cm³/mol. The molecule has 1 amide bonds. The fourth-order valence-electron chi connectivity index (χ4n) is 3.90. The SMILES string of the molecule is CS(=O)(=O)Nc1nc2ccc(NC(=O)[C@H]3CCCN(S(=O)(=O)N4CCCC4)C3)cc2s1. The summed E-state index contributed by atoms with van der Waals surface area (Å²) in [6.07, 6.45) is 4.07. The molecule has 1 atom stereocenters. The van der Waals surface area contributed by atoms with E-state index in [1.807, 2.05) is 0 Å². The number of sulfonamides is 1. The molecule has 10 nitrogen and oxygen atoms in total. The summed E-state index contributed by atoms with van der Waals surface area (Å²) < 4.78 is 54.5. The Morgan fingerprint density at radius 2 is 1.81 bits per heavy atom. The minimum Gasteiger partial charge on any atom is -0.326 e. The second kappa shape index (κ2) is 8.62. The second-order valence-corrected chi connectivity index (χ2v) is 12.6. The van der Waals surface area contributed by atoms with Crippen LogP contribution in [0.3, 0.4) is 0 Å². The van der Waals surface area contributed by atoms with Crippen molar-refractivity contribution in [3.63, 3.8) is 0 Å². The lowest BCUT2D eigenvalue weighted by atomic mass is 9.99. The number of anilines is 2. The van der Waals surface area contributed by atoms with Gasteiger partial charge in [0.25, 0.3) is 10.2 Å². The van der Waals surface area contributed by atoms with Gasteiger partial charge in [-0.25, -0.2) is 13.4 Å². The van der Waals surface area contributed by atoms with Crippen molar-refractivity contribution in [2.75, 3.05) is 42.5 Å². The Morgan fingerprint density at radius 3 is 2.52 bits per heavy atom. The summed E-state index contributed by atoms with van der Waals surface area (Å²) in [6, 6.07) is 5.14. The van der Waals surface area contributed by atoms with E-state index in [9.17, 15) is 21.6 Å². The number of aromatic nitrogens is 1. The molecule has 3 heterocycles. The Balaban J connectivity index is 1.44. The Bertz CT molecular complexity index is 1190. The highest BCUT2D eigenvalue weighted by Crippen LogP contribution is 2.30. The number of nitrogens with one attached hydrogen (secondary N) is 2. The molecule has 0 saturated carbocycles. The third-order valence-electron chi connectivity index (χ3n) is 5.40. The zero-order valence-corrected chi connectivity index (χ0v) is 19.5. The fraction of sp³-hybridized carbons (Fsp3) is 0.556. The third kappa shape index (κ3) is 5.17. The molecule has 2 fully saturated rings. The largest absolute Gasteiger partial charge is 0.326 e. The van der Waals surface area contributed by atoms with Crippen LogP contribution < -0.4 is 10.0 Å². The van der Waals surface area contributed by atoms with Crippen molar-refractivity contribution in [2.45, 2.75) is 25.7 Å². The first kappa shape index (κ1) is 22.4. The maximum Gasteiger partial charge on any atom is 0.281 e. The molecule has 0 unspecified atom stereocenters. The van der Waals surface area contributed by atoms with Gasteiger partial charge in [-0.3, -0.25) is 9.52 Å². The van der Waals surface area contributed by atoms with Gasteiger partial charge in [0.1, 0.15) is 0 Å². The number of carbonyl (C=O) groups excluding carboxylic acids is 1. The lowest BCUT2D eigenvalue weighted by molar-refractivity contribution is -0.120. The molecule has 13 heteroatoms. The van der Waals surface area contributed by atoms with Crippen LogP contribution in [0.2, 0.25) is 0 Å². The van der Waals surface area contributed by atoms with Gasteiger partial charge in [0.2, 0.25) is 15.9 Å². The number of carbonyl (C=O) groups is 1. The molecular formula is C18H25N5O5S3. The Hall–Kier alpha value is -1.80. The lowest BCUT2D eigenvalue weighted by Gasteiger charge is -2.33. The second-order valence-electron chi connectivity index (χ2n) is 7.88. The molecule has 2 N–H and O–H groups in total. The van der Waals surface area contributed by atoms with Crippen molar-refractivity contribution >= 4 is 58.5 Å². The average molecular weight is 488 g/mol. The summed E-state index contributed by atoms with van der Waals surface area (Å²) in [5, 5.41) is 3.13. The molecular weight excluding hydrogens is 462 g/mol. The first-order chi connectivity index (χ1) is 14.6. The molecule has 31 heavy (non-hydrogen) atoms. The minimum atomic E-state index is -3.52. The molecule has 0 radical (unpaired) electrons. The number of hydrogen-bond donors (Lipinski definition) is 2. The minimum absolute atomic E-state index is 0.176. The van der Waals surface area contributed by atoms with Crippen LogP contribution in [0, 0.1) is 5.92 Å². The number of benzene rings is 1. The summed E-state index contributed by atoms with van der Waals surface area (Å²) in [6.45, 7) is 1.70. The number of hydrogen-bond acceptors (Lipinski definition) is 7. The van der Waals surface area contributed by atoms with Crippen molar-refractivity contribution in [1.82, 2.24) is 13.6 Å². The van der Waals surface area contributed by atoms with Crippen LogP contribution in [0.4, 0.5) is 10.8 Å². The molecule has 0 spiro atoms. The highest BCUT2D eigenvalue weighted by Gasteiger charge is 2.36. The number of piperidine rings is 1. The summed E-state index contributed by atoms with van der Waals surface area (Å²) in [7, 11) is -6.94. The van der Waals surface area contributed by atoms with Gasteiger partial charge in [0.15, 0.2) is 5.13 Å². The highest BCUT2D eigenvalue weighted by atomic mass is 32.2. The van der Waals surface area contributed by atoms with Gasteiger partial charge in [-0.05, 0) is 43.9 Å². The van der Waals surface area contributed by atoms with Gasteiger partial charge >= 0.3 is 0 Å². The van der Waals surface area contributed by atoms with E-state index in [0.717, 1.165) is 23.8 Å². The standard InChI is InChI=1S/C18H25N5O5S3/c1-30(25,26)21-18-20-15-7-6-14(11-16(15)29-18)19-17(24)13-5-4-10-23(12-13)31(27,28)22-8-2-3-9-22/h6-7,11,13H,2-5,8-10,12H2,1H3,(H,19,24)(H,20,21)/t13-/m0/s1. The first-order valence-corrected chi connectivity index (χ1v) is 14.2. The van der Waals surface area contributed by atoms with Crippen LogP contribution in [-0.2, 0) is 25.0 Å². The molecule has 0 aliphatic carbocycles. The summed E-state index contributed by atoms with van der Waals surface area (Å²) in [5.41, 5.74) is 1.18. The predicted octanol–water partition coefficient (Wildman–Crippen LogP) is 1.66. The number of nitrogens with zero attached hydrogens (tertiary/aromatic N) is 3. The average Bonchev–Trinajstić information content (AvgIpc) is 3.36. The van der Waals surface area contributed by atoms with E-state index in [0.29, 0.717) is 43.7 Å². The maximum absolute atomic E-state index is 12.8. The Morgan fingerprint density at radius 1 is 1.10 bits per heavy atom. The zero-order valence-electron chi connectivity index (χ0n) is 17.1. The lowest BCUT2D eigenvalue weighted by Crippen LogP contribution is -2.49. The number of rotatable bonds is 6. The van der Waals surface area contributed by atoms with E-state index in [2.05, 4.69) is 15.0 Å². The molecule has 2 aromatic rings. The van der Waals surface area contributed by atoms with Gasteiger partial charge in [0.05, 0.1) is 22.4 Å². The number of thiazole rings is 1. The summed E-state index contributed by atoms with van der Waals surface area (Å²) >= 11 is 1.17. The Kier molecular flexibility index (Phi) is 6.23. The van der Waals surface area contributed by atoms with Crippen molar-refractivity contribution in [2.24, 2.45) is 5.92 Å². The van der Waals surface area contributed by atoms with Gasteiger partial charge in [-0.2, -0.15) is 17.0 Å². The van der Waals surface area contributed by atoms with E-state index < -0.39 is 26.2 Å². The van der Waals surface area contributed by atoms with Crippen LogP contribution in [0.1, 0.15) is 25.7 Å². The fourth-order valence-corrected chi connectivity index (χ4v) is 7.41. The van der Waals surface area contributed by atoms with E-state index in [4.69, 9.17) is 0 Å². The summed E-state index contributed by atoms with van der Waals surface area (Å²) in [4.78, 5) is 17.1. The van der Waals surface area contributed by atoms with Gasteiger partial charge < -0.3 is 5.32 Å². The number of amides is 1. The van der Waals surface area contributed by atoms with Crippen molar-refractivity contribution in [1.29, 1.82) is 0 Å². The summed E-state index contributed by atoms with van der Waals surface area (Å²) in [5.74, 6) is -0.648. The molecule has 2 saturated heterocycles. The van der Waals surface area contributed by atoms with Crippen LogP contribution in [0.15, 0.2) is 18.2 Å². The molecule has 2 aliphatic rings. The maximum atomic E-state index is 12.8. The van der Waals surface area contributed by atoms with Crippen molar-refractivity contribution < 1.29 is 21.6 Å². The van der Waals surface area contributed by atoms with Gasteiger partial charge in [-0.15, -0.1) is 0 Å². The van der Waals surface area contributed by atoms with Crippen molar-refractivity contribution in [3.05, 3.63) is 18.2 Å². The normalized spacial score (nSPS) is 21.4. The van der Waals surface area contributed by atoms with E-state index in [1.54, 1.807) is 18.2 Å². The van der Waals surface area contributed by atoms with Crippen LogP contribution in [-0.4, -0.2) is 68.8 Å². The van der Waals surface area contributed by atoms with Crippen LogP contribution in [0.5, 0.6) is 0 Å². The smallest absolute Gasteiger partial charge is 0.281 e. The molecule has 1 aromatic heterocycles. The Labute approximate surface area is 185 Å². The molecule has 2 aliphatic heterocycles. The molecule has 4 rings (SSSR count). The number of fused-ring (bicyclic) bond motifs is 1. The monoisotopic (exact) mass is 487 g/mol. The third-order valence-corrected chi connectivity index (χ3v) is 9.03. The van der Waals surface area contributed by atoms with Crippen molar-refractivity contribution in [3.8, 4) is 0 Å².